The molecule has 0 aliphatic rings. The van der Waals surface area contributed by atoms with E-state index in [9.17, 15) is 53.6 Å². The number of hydrogen-bond acceptors (Lipinski definition) is 16. The van der Waals surface area contributed by atoms with Gasteiger partial charge in [0.1, 0.15) is 59.1 Å². The summed E-state index contributed by atoms with van der Waals surface area (Å²) in [6.45, 7) is 19.3. The summed E-state index contributed by atoms with van der Waals surface area (Å²) in [6.07, 6.45) is 5.55. The normalized spacial score (nSPS) is 12.2. The fourth-order valence-electron chi connectivity index (χ4n) is 13.1. The summed E-state index contributed by atoms with van der Waals surface area (Å²) in [5.74, 6) is -0.784. The molecule has 3 atom stereocenters. The molecule has 0 saturated heterocycles. The number of nitrogens with zero attached hydrogens (tertiary/aromatic N) is 11. The summed E-state index contributed by atoms with van der Waals surface area (Å²) < 4.78 is 61.4. The number of amides is 3. The van der Waals surface area contributed by atoms with E-state index in [2.05, 4.69) is 63.0 Å². The third kappa shape index (κ3) is 20.6. The van der Waals surface area contributed by atoms with Gasteiger partial charge in [0, 0.05) is 103 Å². The Morgan fingerprint density at radius 1 is 0.631 bits per heavy atom. The lowest BCUT2D eigenvalue weighted by atomic mass is 9.83. The molecule has 0 saturated carbocycles. The lowest BCUT2D eigenvalue weighted by Crippen LogP contribution is -2.37. The van der Waals surface area contributed by atoms with E-state index in [-0.39, 0.29) is 81.9 Å². The van der Waals surface area contributed by atoms with Crippen LogP contribution in [0.5, 0.6) is 17.2 Å². The number of hydrogen-bond donors (Lipinski definition) is 6. The van der Waals surface area contributed by atoms with Gasteiger partial charge in [-0.15, -0.1) is 0 Å². The fraction of sp³-hybridized carbons (Fsp3) is 0.321. The van der Waals surface area contributed by atoms with Gasteiger partial charge in [-0.1, -0.05) is 99.1 Å². The van der Waals surface area contributed by atoms with Crippen LogP contribution >= 0.6 is 11.6 Å². The minimum Gasteiger partial charge on any atom is -0.490 e. The molecule has 3 amide bonds. The number of nitriles is 3. The number of primary amides is 2. The Labute approximate surface area is 647 Å². The highest BCUT2D eigenvalue weighted by Gasteiger charge is 2.37. The van der Waals surface area contributed by atoms with Crippen LogP contribution in [0.15, 0.2) is 152 Å². The Balaban J connectivity index is 0.000000191. The van der Waals surface area contributed by atoms with E-state index < -0.39 is 41.7 Å². The van der Waals surface area contributed by atoms with E-state index in [4.69, 9.17) is 47.2 Å². The number of fused-ring (bicyclic) bond motifs is 1. The number of nitrogens with one attached hydrogen (secondary N) is 2. The number of aliphatic hydroxyl groups is 2. The molecular formula is C84H89ClF3N15O8. The number of aromatic nitrogens is 9. The van der Waals surface area contributed by atoms with Crippen molar-refractivity contribution < 1.29 is 52.0 Å². The van der Waals surface area contributed by atoms with Crippen molar-refractivity contribution in [2.45, 2.75) is 149 Å². The third-order valence-electron chi connectivity index (χ3n) is 18.0. The first-order chi connectivity index (χ1) is 52.7. The van der Waals surface area contributed by atoms with Gasteiger partial charge in [-0.25, -0.2) is 19.9 Å². The first kappa shape index (κ1) is 82.9. The molecule has 0 bridgehead atoms. The molecule has 0 spiro atoms. The van der Waals surface area contributed by atoms with Gasteiger partial charge in [-0.05, 0) is 174 Å². The zero-order chi connectivity index (χ0) is 80.8. The number of ether oxygens (including phenoxy) is 3. The Bertz CT molecular complexity index is 5250. The summed E-state index contributed by atoms with van der Waals surface area (Å²) >= 11 is 6.72. The average molecular weight is 1530 g/mol. The van der Waals surface area contributed by atoms with Crippen LogP contribution in [0, 0.1) is 40.9 Å². The van der Waals surface area contributed by atoms with Crippen molar-refractivity contribution in [1.29, 1.82) is 15.8 Å². The van der Waals surface area contributed by atoms with Gasteiger partial charge in [0.05, 0.1) is 57.1 Å². The first-order valence-electron chi connectivity index (χ1n) is 36.0. The topological polar surface area (TPSA) is 349 Å². The van der Waals surface area contributed by atoms with Crippen molar-refractivity contribution in [2.24, 2.45) is 25.6 Å². The van der Waals surface area contributed by atoms with Crippen molar-refractivity contribution in [1.82, 2.24) is 49.0 Å². The minimum atomic E-state index is -4.54. The molecular weight excluding hydrogens is 1440 g/mol. The molecule has 23 nitrogen and oxygen atoms in total. The van der Waals surface area contributed by atoms with Crippen molar-refractivity contribution in [3.05, 3.63) is 242 Å². The molecule has 0 aliphatic heterocycles. The quantitative estimate of drug-likeness (QED) is 0.0293. The highest BCUT2D eigenvalue weighted by Crippen LogP contribution is 2.40. The number of H-pyrrole nitrogens is 1. The molecule has 5 heterocycles. The number of carbonyl (C=O) groups excluding carboxylic acids is 3. The van der Waals surface area contributed by atoms with E-state index in [1.165, 1.54) is 25.6 Å². The molecule has 3 unspecified atom stereocenters. The van der Waals surface area contributed by atoms with Crippen molar-refractivity contribution in [2.75, 3.05) is 13.2 Å². The number of aromatic amines is 1. The molecule has 0 aliphatic carbocycles. The molecule has 111 heavy (non-hydrogen) atoms. The molecule has 576 valence electrons. The predicted octanol–water partition coefficient (Wildman–Crippen LogP) is 14.6. The van der Waals surface area contributed by atoms with Gasteiger partial charge in [-0.2, -0.15) is 34.1 Å². The molecule has 0 radical (unpaired) electrons. The summed E-state index contributed by atoms with van der Waals surface area (Å²) in [4.78, 5) is 55.3. The van der Waals surface area contributed by atoms with Crippen molar-refractivity contribution in [3.8, 4) is 69.2 Å². The largest absolute Gasteiger partial charge is 0.490 e. The smallest absolute Gasteiger partial charge is 0.449 e. The van der Waals surface area contributed by atoms with Crippen LogP contribution in [0.25, 0.3) is 39.4 Å². The van der Waals surface area contributed by atoms with E-state index >= 15 is 0 Å². The standard InChI is InChI=1S/C29H29ClN4O3.C29H33N7O2.C26H27F3N4O3/c1-17(2)37-26-9-8-22(28(32)36)27(23(26)15-31)20(10-12-35)13-19-6-7-21(24(30)14-19)25-16-34-11-4-5-18(3)29(34)33-25;1-17(2)38-24-12-11-20(26(31)37)25(22(24)14-30)21(27-32-16-33-35-27)13-18-7-9-19(10-8-18)23-15-36(6)28(34-23)29(3,4)5;1-16(2)36-23-9-8-19(13-20(23)14-30)24(35)31-21(10-11-34)12-17-4-6-18(7-5-17)22-15-33(3)25(32-22)26(27,28)29/h4-9,11,14,16-17,20,35H,10,12-13H2,1-3H3,(H2,32,36);7-12,15-17,21H,13H2,1-6H3,(H2,31,37)(H,32,33,35);4-9,13,15-16,21,34H,10-12H2,1-3H3,(H,31,35). The highest BCUT2D eigenvalue weighted by molar-refractivity contribution is 6.33. The lowest BCUT2D eigenvalue weighted by molar-refractivity contribution is -0.146. The van der Waals surface area contributed by atoms with Crippen LogP contribution in [0.4, 0.5) is 13.2 Å². The number of imidazole rings is 3. The van der Waals surface area contributed by atoms with Gasteiger partial charge < -0.3 is 54.7 Å². The maximum atomic E-state index is 13.0. The summed E-state index contributed by atoms with van der Waals surface area (Å²) in [6, 6.07) is 41.7. The lowest BCUT2D eigenvalue weighted by Gasteiger charge is -2.23. The number of aryl methyl sites for hydroxylation is 3. The first-order valence-corrected chi connectivity index (χ1v) is 36.3. The molecule has 27 heteroatoms. The van der Waals surface area contributed by atoms with Crippen LogP contribution in [-0.4, -0.2) is 109 Å². The van der Waals surface area contributed by atoms with Crippen molar-refractivity contribution >= 4 is 35.0 Å². The number of carbonyl (C=O) groups is 3. The maximum Gasteiger partial charge on any atom is 0.449 e. The maximum absolute atomic E-state index is 13.0. The number of aliphatic hydroxyl groups excluding tert-OH is 2. The molecule has 0 fully saturated rings. The second kappa shape index (κ2) is 36.4. The van der Waals surface area contributed by atoms with Crippen LogP contribution in [-0.2, 0) is 44.9 Å². The Kier molecular flexibility index (Phi) is 27.2. The monoisotopic (exact) mass is 1530 g/mol. The Hall–Kier alpha value is -12.2. The zero-order valence-corrected chi connectivity index (χ0v) is 64.5. The number of benzene rings is 6. The van der Waals surface area contributed by atoms with E-state index in [0.717, 1.165) is 60.8 Å². The summed E-state index contributed by atoms with van der Waals surface area (Å²) in [5, 5.41) is 59.2. The van der Waals surface area contributed by atoms with Crippen LogP contribution in [0.3, 0.4) is 0 Å². The molecule has 5 aromatic heterocycles. The number of pyridine rings is 1. The van der Waals surface area contributed by atoms with Gasteiger partial charge in [0.2, 0.25) is 17.6 Å². The predicted molar refractivity (Wildman–Crippen MR) is 416 cm³/mol. The van der Waals surface area contributed by atoms with E-state index in [1.807, 2.05) is 139 Å². The minimum absolute atomic E-state index is 0.0678. The van der Waals surface area contributed by atoms with Crippen LogP contribution in [0.2, 0.25) is 5.02 Å². The molecule has 11 rings (SSSR count). The second-order valence-electron chi connectivity index (χ2n) is 28.6. The molecule has 11 aromatic rings. The van der Waals surface area contributed by atoms with E-state index in [1.54, 1.807) is 60.7 Å². The second-order valence-corrected chi connectivity index (χ2v) is 29.0. The number of alkyl halides is 3. The Morgan fingerprint density at radius 3 is 1.65 bits per heavy atom. The third-order valence-corrected chi connectivity index (χ3v) is 18.3. The molecule has 6 aromatic carbocycles. The highest BCUT2D eigenvalue weighted by atomic mass is 35.5. The van der Waals surface area contributed by atoms with E-state index in [0.29, 0.717) is 76.9 Å². The Morgan fingerprint density at radius 2 is 1.16 bits per heavy atom. The number of rotatable bonds is 26. The van der Waals surface area contributed by atoms with Gasteiger partial charge in [0.25, 0.3) is 5.91 Å². The van der Waals surface area contributed by atoms with Gasteiger partial charge >= 0.3 is 6.18 Å². The summed E-state index contributed by atoms with van der Waals surface area (Å²) in [5.41, 5.74) is 22.7. The zero-order valence-electron chi connectivity index (χ0n) is 63.8. The van der Waals surface area contributed by atoms with Gasteiger partial charge in [-0.3, -0.25) is 19.5 Å². The van der Waals surface area contributed by atoms with Crippen LogP contribution in [0.1, 0.15) is 186 Å². The fourth-order valence-corrected chi connectivity index (χ4v) is 13.4. The SMILES string of the molecule is CC(C)Oc1ccc(C(=O)NC(CCO)Cc2ccc(-c3cn(C)c(C(F)(F)F)n3)cc2)cc1C#N.CC(C)Oc1ccc(C(N)=O)c(C(Cc2ccc(-c3cn(C)c(C(C)(C)C)n3)cc2)c2ncn[nH]2)c1C#N.Cc1cccn2cc(-c3ccc(CC(CCO)c4c(C(N)=O)ccc(OC(C)C)c4C#N)cc3Cl)nc12. The number of halogens is 4. The van der Waals surface area contributed by atoms with Crippen LogP contribution < -0.4 is 31.0 Å². The average Bonchev–Trinajstić information content (AvgIpc) is 1.25. The van der Waals surface area contributed by atoms with Crippen molar-refractivity contribution in [3.63, 3.8) is 0 Å². The van der Waals surface area contributed by atoms with Gasteiger partial charge in [0.15, 0.2) is 0 Å². The number of nitrogens with two attached hydrogens (primary N) is 2. The molecule has 8 N–H and O–H groups in total. The summed E-state index contributed by atoms with van der Waals surface area (Å²) in [7, 11) is 3.30.